The molecule has 0 aliphatic heterocycles. The average molecular weight is 395 g/mol. The zero-order chi connectivity index (χ0) is 15.5. The van der Waals surface area contributed by atoms with Crippen LogP contribution in [0, 0.1) is 3.57 Å². The van der Waals surface area contributed by atoms with Crippen LogP contribution in [-0.4, -0.2) is 17.0 Å². The van der Waals surface area contributed by atoms with Crippen molar-refractivity contribution < 1.29 is 14.7 Å². The van der Waals surface area contributed by atoms with Gasteiger partial charge in [0.15, 0.2) is 5.54 Å². The number of carboxylic acids is 1. The Kier molecular flexibility index (Phi) is 4.62. The molecule has 0 spiro atoms. The second-order valence-corrected chi connectivity index (χ2v) is 5.89. The highest BCUT2D eigenvalue weighted by Crippen LogP contribution is 2.22. The van der Waals surface area contributed by atoms with Crippen molar-refractivity contribution in [2.45, 2.75) is 12.5 Å². The lowest BCUT2D eigenvalue weighted by Gasteiger charge is -2.27. The van der Waals surface area contributed by atoms with Crippen LogP contribution >= 0.6 is 22.6 Å². The number of hydrogen-bond acceptors (Lipinski definition) is 2. The molecule has 1 amide bonds. The van der Waals surface area contributed by atoms with Gasteiger partial charge in [-0.3, -0.25) is 4.79 Å². The molecule has 2 aromatic carbocycles. The fourth-order valence-electron chi connectivity index (χ4n) is 1.96. The van der Waals surface area contributed by atoms with Crippen LogP contribution in [0.2, 0.25) is 0 Å². The molecule has 0 bridgehead atoms. The standard InChI is InChI=1S/C16H14INO3/c1-16(15(20)21,11-7-3-2-4-8-11)18-14(19)12-9-5-6-10-13(12)17/h2-10H,1H3,(H,18,19)(H,20,21). The molecule has 2 rings (SSSR count). The van der Waals surface area contributed by atoms with E-state index in [4.69, 9.17) is 0 Å². The van der Waals surface area contributed by atoms with Crippen molar-refractivity contribution in [3.05, 3.63) is 69.3 Å². The number of carboxylic acid groups (broad SMARTS) is 1. The number of nitrogens with one attached hydrogen (secondary N) is 1. The van der Waals surface area contributed by atoms with Crippen molar-refractivity contribution >= 4 is 34.5 Å². The van der Waals surface area contributed by atoms with E-state index in [2.05, 4.69) is 27.9 Å². The molecular formula is C16H14INO3. The molecule has 1 atom stereocenters. The zero-order valence-electron chi connectivity index (χ0n) is 11.3. The normalized spacial score (nSPS) is 13.2. The third kappa shape index (κ3) is 3.24. The van der Waals surface area contributed by atoms with Crippen molar-refractivity contribution in [3.8, 4) is 0 Å². The van der Waals surface area contributed by atoms with Crippen molar-refractivity contribution in [3.63, 3.8) is 0 Å². The summed E-state index contributed by atoms with van der Waals surface area (Å²) in [7, 11) is 0. The van der Waals surface area contributed by atoms with Crippen LogP contribution in [0.15, 0.2) is 54.6 Å². The highest BCUT2D eigenvalue weighted by molar-refractivity contribution is 14.1. The lowest BCUT2D eigenvalue weighted by Crippen LogP contribution is -2.49. The molecule has 0 heterocycles. The highest BCUT2D eigenvalue weighted by Gasteiger charge is 2.37. The number of carbonyl (C=O) groups excluding carboxylic acids is 1. The van der Waals surface area contributed by atoms with Gasteiger partial charge in [0.05, 0.1) is 5.56 Å². The first-order valence-corrected chi connectivity index (χ1v) is 7.39. The van der Waals surface area contributed by atoms with Crippen molar-refractivity contribution in [1.82, 2.24) is 5.32 Å². The molecule has 2 aromatic rings. The predicted molar refractivity (Wildman–Crippen MR) is 88.1 cm³/mol. The summed E-state index contributed by atoms with van der Waals surface area (Å²) in [6.45, 7) is 1.48. The van der Waals surface area contributed by atoms with Gasteiger partial charge in [0, 0.05) is 3.57 Å². The maximum absolute atomic E-state index is 12.4. The van der Waals surface area contributed by atoms with E-state index in [1.165, 1.54) is 6.92 Å². The maximum atomic E-state index is 12.4. The summed E-state index contributed by atoms with van der Waals surface area (Å²) in [5.74, 6) is -1.51. The molecule has 0 saturated carbocycles. The summed E-state index contributed by atoms with van der Waals surface area (Å²) in [5, 5.41) is 12.2. The number of amides is 1. The third-order valence-corrected chi connectivity index (χ3v) is 4.20. The second kappa shape index (κ2) is 6.26. The van der Waals surface area contributed by atoms with Crippen molar-refractivity contribution in [1.29, 1.82) is 0 Å². The van der Waals surface area contributed by atoms with Gasteiger partial charge in [-0.15, -0.1) is 0 Å². The minimum Gasteiger partial charge on any atom is -0.479 e. The van der Waals surface area contributed by atoms with E-state index in [1.807, 2.05) is 6.07 Å². The molecule has 0 saturated heterocycles. The second-order valence-electron chi connectivity index (χ2n) is 4.73. The van der Waals surface area contributed by atoms with Gasteiger partial charge in [0.25, 0.3) is 5.91 Å². The van der Waals surface area contributed by atoms with Gasteiger partial charge in [0.1, 0.15) is 0 Å². The Labute approximate surface area is 136 Å². The van der Waals surface area contributed by atoms with E-state index in [-0.39, 0.29) is 0 Å². The van der Waals surface area contributed by atoms with Crippen LogP contribution < -0.4 is 5.32 Å². The minimum atomic E-state index is -1.47. The van der Waals surface area contributed by atoms with Crippen LogP contribution in [0.25, 0.3) is 0 Å². The summed E-state index contributed by atoms with van der Waals surface area (Å²) in [4.78, 5) is 24.0. The number of aliphatic carboxylic acids is 1. The first-order chi connectivity index (χ1) is 9.95. The Morgan fingerprint density at radius 1 is 1.05 bits per heavy atom. The third-order valence-electron chi connectivity index (χ3n) is 3.26. The molecule has 21 heavy (non-hydrogen) atoms. The van der Waals surface area contributed by atoms with Crippen LogP contribution in [-0.2, 0) is 10.3 Å². The Balaban J connectivity index is 2.36. The molecule has 0 fully saturated rings. The van der Waals surface area contributed by atoms with E-state index in [0.717, 1.165) is 3.57 Å². The first-order valence-electron chi connectivity index (χ1n) is 6.31. The summed E-state index contributed by atoms with van der Waals surface area (Å²) in [6, 6.07) is 15.7. The average Bonchev–Trinajstić information content (AvgIpc) is 2.48. The fraction of sp³-hybridized carbons (Fsp3) is 0.125. The van der Waals surface area contributed by atoms with Gasteiger partial charge in [-0.25, -0.2) is 4.79 Å². The highest BCUT2D eigenvalue weighted by atomic mass is 127. The number of benzene rings is 2. The fourth-order valence-corrected chi connectivity index (χ4v) is 2.59. The van der Waals surface area contributed by atoms with Crippen LogP contribution in [0.4, 0.5) is 0 Å². The van der Waals surface area contributed by atoms with Crippen LogP contribution in [0.3, 0.4) is 0 Å². The summed E-state index contributed by atoms with van der Waals surface area (Å²) >= 11 is 2.05. The number of carbonyl (C=O) groups is 2. The Morgan fingerprint density at radius 2 is 1.62 bits per heavy atom. The first kappa shape index (κ1) is 15.5. The SMILES string of the molecule is CC(NC(=O)c1ccccc1I)(C(=O)O)c1ccccc1. The number of rotatable bonds is 4. The monoisotopic (exact) mass is 395 g/mol. The Bertz CT molecular complexity index is 672. The Hall–Kier alpha value is -1.89. The Morgan fingerprint density at radius 3 is 2.19 bits per heavy atom. The predicted octanol–water partition coefficient (Wildman–Crippen LogP) is 3.02. The molecule has 108 valence electrons. The maximum Gasteiger partial charge on any atom is 0.333 e. The van der Waals surface area contributed by atoms with Crippen LogP contribution in [0.1, 0.15) is 22.8 Å². The topological polar surface area (TPSA) is 66.4 Å². The van der Waals surface area contributed by atoms with E-state index in [1.54, 1.807) is 48.5 Å². The van der Waals surface area contributed by atoms with Gasteiger partial charge in [-0.1, -0.05) is 42.5 Å². The largest absolute Gasteiger partial charge is 0.479 e. The summed E-state index contributed by atoms with van der Waals surface area (Å²) < 4.78 is 0.772. The molecular weight excluding hydrogens is 381 g/mol. The van der Waals surface area contributed by atoms with Crippen molar-refractivity contribution in [2.24, 2.45) is 0 Å². The lowest BCUT2D eigenvalue weighted by atomic mass is 9.91. The number of halogens is 1. The van der Waals surface area contributed by atoms with Gasteiger partial charge in [0.2, 0.25) is 0 Å². The molecule has 0 radical (unpaired) electrons. The summed E-state index contributed by atoms with van der Waals surface area (Å²) in [5.41, 5.74) is -0.490. The molecule has 4 nitrogen and oxygen atoms in total. The molecule has 5 heteroatoms. The smallest absolute Gasteiger partial charge is 0.333 e. The molecule has 2 N–H and O–H groups in total. The van der Waals surface area contributed by atoms with Gasteiger partial charge in [-0.2, -0.15) is 0 Å². The molecule has 1 unspecified atom stereocenters. The van der Waals surface area contributed by atoms with Gasteiger partial charge in [-0.05, 0) is 47.2 Å². The van der Waals surface area contributed by atoms with Gasteiger partial charge < -0.3 is 10.4 Å². The molecule has 0 aliphatic rings. The van der Waals surface area contributed by atoms with E-state index < -0.39 is 17.4 Å². The van der Waals surface area contributed by atoms with Crippen molar-refractivity contribution in [2.75, 3.05) is 0 Å². The zero-order valence-corrected chi connectivity index (χ0v) is 13.5. The van der Waals surface area contributed by atoms with E-state index in [9.17, 15) is 14.7 Å². The van der Waals surface area contributed by atoms with E-state index >= 15 is 0 Å². The number of hydrogen-bond donors (Lipinski definition) is 2. The molecule has 0 aromatic heterocycles. The molecule has 0 aliphatic carbocycles. The van der Waals surface area contributed by atoms with Gasteiger partial charge >= 0.3 is 5.97 Å². The quantitative estimate of drug-likeness (QED) is 0.783. The summed E-state index contributed by atoms with van der Waals surface area (Å²) in [6.07, 6.45) is 0. The lowest BCUT2D eigenvalue weighted by molar-refractivity contribution is -0.144. The van der Waals surface area contributed by atoms with E-state index in [0.29, 0.717) is 11.1 Å². The van der Waals surface area contributed by atoms with Crippen LogP contribution in [0.5, 0.6) is 0 Å². The minimum absolute atomic E-state index is 0.409.